The molecule has 0 aliphatic rings. The first kappa shape index (κ1) is 13.6. The maximum atomic E-state index is 12.2. The normalized spacial score (nSPS) is 10.2. The van der Waals surface area contributed by atoms with Gasteiger partial charge in [-0.2, -0.15) is 5.10 Å². The van der Waals surface area contributed by atoms with Crippen LogP contribution in [0.4, 0.5) is 5.69 Å². The zero-order chi connectivity index (χ0) is 15.4. The Morgan fingerprint density at radius 2 is 1.95 bits per heavy atom. The summed E-state index contributed by atoms with van der Waals surface area (Å²) in [5.74, 6) is -0.370. The summed E-state index contributed by atoms with van der Waals surface area (Å²) >= 11 is 0. The second kappa shape index (κ2) is 5.96. The molecule has 0 saturated carbocycles. The van der Waals surface area contributed by atoms with E-state index < -0.39 is 0 Å². The molecule has 0 bridgehead atoms. The lowest BCUT2D eigenvalue weighted by Crippen LogP contribution is -2.14. The third kappa shape index (κ3) is 2.88. The Bertz CT molecular complexity index is 841. The number of benzene rings is 1. The van der Waals surface area contributed by atoms with Gasteiger partial charge in [0.05, 0.1) is 17.6 Å². The molecule has 0 unspecified atom stereocenters. The fraction of sp³-hybridized carbons (Fsp3) is 0. The van der Waals surface area contributed by atoms with Crippen LogP contribution in [0.3, 0.4) is 0 Å². The smallest absolute Gasteiger partial charge is 0.275 e. The van der Waals surface area contributed by atoms with Crippen molar-refractivity contribution in [2.45, 2.75) is 0 Å². The van der Waals surface area contributed by atoms with E-state index in [2.05, 4.69) is 25.5 Å². The fourth-order valence-corrected chi connectivity index (χ4v) is 1.91. The highest BCUT2D eigenvalue weighted by molar-refractivity contribution is 6.04. The predicted octanol–water partition coefficient (Wildman–Crippen LogP) is 1.48. The van der Waals surface area contributed by atoms with Crippen molar-refractivity contribution >= 4 is 11.6 Å². The number of nitrogens with zero attached hydrogens (tertiary/aromatic N) is 3. The molecular weight excluding hydrogens is 282 g/mol. The first-order valence-corrected chi connectivity index (χ1v) is 6.46. The van der Waals surface area contributed by atoms with Gasteiger partial charge < -0.3 is 5.32 Å². The van der Waals surface area contributed by atoms with Gasteiger partial charge in [0.25, 0.3) is 11.5 Å². The Kier molecular flexibility index (Phi) is 3.69. The van der Waals surface area contributed by atoms with Crippen LogP contribution in [0.1, 0.15) is 10.5 Å². The number of carbonyl (C=O) groups is 1. The monoisotopic (exact) mass is 293 g/mol. The van der Waals surface area contributed by atoms with Crippen LogP contribution < -0.4 is 10.9 Å². The van der Waals surface area contributed by atoms with Crippen LogP contribution in [0.15, 0.2) is 59.8 Å². The molecule has 0 aliphatic heterocycles. The lowest BCUT2D eigenvalue weighted by Gasteiger charge is -2.09. The summed E-state index contributed by atoms with van der Waals surface area (Å²) in [6, 6.07) is 10.1. The minimum absolute atomic E-state index is 0.215. The Morgan fingerprint density at radius 3 is 2.68 bits per heavy atom. The average molecular weight is 293 g/mol. The van der Waals surface area contributed by atoms with E-state index in [-0.39, 0.29) is 17.2 Å². The van der Waals surface area contributed by atoms with Gasteiger partial charge in [0, 0.05) is 24.0 Å². The van der Waals surface area contributed by atoms with Crippen LogP contribution in [-0.2, 0) is 0 Å². The number of hydrogen-bond donors (Lipinski definition) is 2. The van der Waals surface area contributed by atoms with E-state index in [9.17, 15) is 9.59 Å². The van der Waals surface area contributed by atoms with Crippen molar-refractivity contribution in [2.75, 3.05) is 5.32 Å². The topological polar surface area (TPSA) is 101 Å². The Labute approximate surface area is 125 Å². The summed E-state index contributed by atoms with van der Waals surface area (Å²) in [7, 11) is 0. The highest BCUT2D eigenvalue weighted by Crippen LogP contribution is 2.25. The molecule has 0 aliphatic carbocycles. The number of nitrogens with one attached hydrogen (secondary N) is 2. The molecular formula is C15H11N5O2. The zero-order valence-corrected chi connectivity index (χ0v) is 11.4. The van der Waals surface area contributed by atoms with Crippen molar-refractivity contribution in [1.82, 2.24) is 20.2 Å². The van der Waals surface area contributed by atoms with Crippen LogP contribution in [0.25, 0.3) is 11.3 Å². The van der Waals surface area contributed by atoms with E-state index in [1.54, 1.807) is 24.3 Å². The number of carbonyl (C=O) groups excluding carboxylic acids is 1. The highest BCUT2D eigenvalue weighted by atomic mass is 16.2. The van der Waals surface area contributed by atoms with Gasteiger partial charge in [-0.15, -0.1) is 0 Å². The molecule has 3 aromatic rings. The number of para-hydroxylation sites is 1. The van der Waals surface area contributed by atoms with Crippen LogP contribution in [-0.4, -0.2) is 26.1 Å². The lowest BCUT2D eigenvalue weighted by molar-refractivity contribution is 0.102. The summed E-state index contributed by atoms with van der Waals surface area (Å²) in [6.45, 7) is 0. The molecule has 1 amide bonds. The van der Waals surface area contributed by atoms with E-state index in [1.165, 1.54) is 24.7 Å². The quantitative estimate of drug-likeness (QED) is 0.761. The fourth-order valence-electron chi connectivity index (χ4n) is 1.91. The number of anilines is 1. The van der Waals surface area contributed by atoms with E-state index in [1.807, 2.05) is 6.07 Å². The third-order valence-electron chi connectivity index (χ3n) is 2.93. The number of hydrogen-bond acceptors (Lipinski definition) is 5. The summed E-state index contributed by atoms with van der Waals surface area (Å²) in [6.07, 6.45) is 4.33. The zero-order valence-electron chi connectivity index (χ0n) is 11.4. The average Bonchev–Trinajstić information content (AvgIpc) is 2.57. The van der Waals surface area contributed by atoms with Crippen molar-refractivity contribution in [3.8, 4) is 11.3 Å². The second-order valence-corrected chi connectivity index (χ2v) is 4.40. The molecule has 22 heavy (non-hydrogen) atoms. The minimum Gasteiger partial charge on any atom is -0.320 e. The Morgan fingerprint density at radius 1 is 1.09 bits per heavy atom. The maximum absolute atomic E-state index is 12.2. The maximum Gasteiger partial charge on any atom is 0.275 e. The summed E-state index contributed by atoms with van der Waals surface area (Å²) < 4.78 is 0. The van der Waals surface area contributed by atoms with Gasteiger partial charge in [0.1, 0.15) is 5.69 Å². The Hall–Kier alpha value is -3.35. The van der Waals surface area contributed by atoms with E-state index in [4.69, 9.17) is 0 Å². The molecule has 2 aromatic heterocycles. The summed E-state index contributed by atoms with van der Waals surface area (Å²) in [5, 5.41) is 9.11. The highest BCUT2D eigenvalue weighted by Gasteiger charge is 2.11. The first-order valence-electron chi connectivity index (χ1n) is 6.46. The molecule has 108 valence electrons. The number of H-pyrrole nitrogens is 1. The molecule has 0 fully saturated rings. The minimum atomic E-state index is -0.370. The van der Waals surface area contributed by atoms with Crippen molar-refractivity contribution in [2.24, 2.45) is 0 Å². The molecule has 1 aromatic carbocycles. The van der Waals surface area contributed by atoms with E-state index in [0.29, 0.717) is 16.9 Å². The number of aromatic nitrogens is 4. The van der Waals surface area contributed by atoms with Gasteiger partial charge in [0.2, 0.25) is 0 Å². The number of aromatic amines is 1. The van der Waals surface area contributed by atoms with Crippen molar-refractivity contribution < 1.29 is 4.79 Å². The predicted molar refractivity (Wildman–Crippen MR) is 80.3 cm³/mol. The summed E-state index contributed by atoms with van der Waals surface area (Å²) in [4.78, 5) is 31.1. The van der Waals surface area contributed by atoms with Crippen molar-refractivity contribution in [3.05, 3.63) is 71.0 Å². The van der Waals surface area contributed by atoms with E-state index in [0.717, 1.165) is 0 Å². The van der Waals surface area contributed by atoms with Crippen molar-refractivity contribution in [3.63, 3.8) is 0 Å². The van der Waals surface area contributed by atoms with Gasteiger partial charge in [0.15, 0.2) is 0 Å². The molecule has 2 N–H and O–H groups in total. The number of amides is 1. The van der Waals surface area contributed by atoms with Gasteiger partial charge in [-0.05, 0) is 12.1 Å². The molecule has 7 nitrogen and oxygen atoms in total. The second-order valence-electron chi connectivity index (χ2n) is 4.40. The van der Waals surface area contributed by atoms with Crippen LogP contribution >= 0.6 is 0 Å². The summed E-state index contributed by atoms with van der Waals surface area (Å²) in [5.41, 5.74) is 1.74. The molecule has 0 saturated heterocycles. The molecule has 3 rings (SSSR count). The van der Waals surface area contributed by atoms with Crippen molar-refractivity contribution in [1.29, 1.82) is 0 Å². The molecule has 7 heteroatoms. The lowest BCUT2D eigenvalue weighted by atomic mass is 10.1. The van der Waals surface area contributed by atoms with Gasteiger partial charge in [-0.1, -0.05) is 18.2 Å². The van der Waals surface area contributed by atoms with Crippen LogP contribution in [0.5, 0.6) is 0 Å². The molecule has 0 spiro atoms. The van der Waals surface area contributed by atoms with Gasteiger partial charge >= 0.3 is 0 Å². The third-order valence-corrected chi connectivity index (χ3v) is 2.93. The molecule has 0 radical (unpaired) electrons. The van der Waals surface area contributed by atoms with Crippen LogP contribution in [0, 0.1) is 0 Å². The van der Waals surface area contributed by atoms with Crippen LogP contribution in [0.2, 0.25) is 0 Å². The van der Waals surface area contributed by atoms with Gasteiger partial charge in [-0.3, -0.25) is 14.6 Å². The standard InChI is InChI=1S/C15H11N5O2/c21-14-6-5-12(19-20-14)10-3-1-2-4-11(10)18-15(22)13-9-16-7-8-17-13/h1-9H,(H,18,22)(H,20,21). The largest absolute Gasteiger partial charge is 0.320 e. The van der Waals surface area contributed by atoms with E-state index >= 15 is 0 Å². The molecule has 0 atom stereocenters. The van der Waals surface area contributed by atoms with Gasteiger partial charge in [-0.25, -0.2) is 10.1 Å². The molecule has 2 heterocycles. The SMILES string of the molecule is O=C(Nc1ccccc1-c1ccc(=O)[nH]n1)c1cnccn1. The number of rotatable bonds is 3. The Balaban J connectivity index is 1.93. The first-order chi connectivity index (χ1) is 10.7.